The smallest absolute Gasteiger partial charge is 0.0102 e. The normalized spacial score (nSPS) is 31.7. The molecule has 104 valence electrons. The molecule has 2 heterocycles. The van der Waals surface area contributed by atoms with Gasteiger partial charge in [-0.2, -0.15) is 0 Å². The number of nitrogens with zero attached hydrogens (tertiary/aromatic N) is 1. The molecule has 1 heteroatoms. The highest BCUT2D eigenvalue weighted by molar-refractivity contribution is 5.30. The van der Waals surface area contributed by atoms with Crippen LogP contribution in [-0.4, -0.2) is 24.0 Å². The predicted molar refractivity (Wildman–Crippen MR) is 81.7 cm³/mol. The first-order chi connectivity index (χ1) is 8.95. The summed E-state index contributed by atoms with van der Waals surface area (Å²) in [6.07, 6.45) is 5.55. The predicted octanol–water partition coefficient (Wildman–Crippen LogP) is 4.32. The summed E-state index contributed by atoms with van der Waals surface area (Å²) < 4.78 is 0. The number of rotatable bonds is 1. The van der Waals surface area contributed by atoms with Gasteiger partial charge in [0.25, 0.3) is 0 Å². The minimum atomic E-state index is 0.268. The highest BCUT2D eigenvalue weighted by Gasteiger charge is 2.38. The lowest BCUT2D eigenvalue weighted by atomic mass is 9.82. The van der Waals surface area contributed by atoms with Gasteiger partial charge in [-0.3, -0.25) is 0 Å². The van der Waals surface area contributed by atoms with Crippen LogP contribution in [0.5, 0.6) is 0 Å². The highest BCUT2D eigenvalue weighted by Crippen LogP contribution is 2.42. The molecule has 19 heavy (non-hydrogen) atoms. The Morgan fingerprint density at radius 2 is 1.47 bits per heavy atom. The number of hydrogen-bond acceptors (Lipinski definition) is 1. The van der Waals surface area contributed by atoms with E-state index in [2.05, 4.69) is 57.0 Å². The van der Waals surface area contributed by atoms with E-state index in [1.165, 1.54) is 31.2 Å². The van der Waals surface area contributed by atoms with E-state index >= 15 is 0 Å². The lowest BCUT2D eigenvalue weighted by Crippen LogP contribution is -2.39. The molecule has 0 saturated carbocycles. The summed E-state index contributed by atoms with van der Waals surface area (Å²) in [6.45, 7) is 6.87. The van der Waals surface area contributed by atoms with Crippen LogP contribution in [0.2, 0.25) is 0 Å². The Balaban J connectivity index is 1.77. The molecule has 2 aliphatic heterocycles. The van der Waals surface area contributed by atoms with Crippen molar-refractivity contribution in [2.24, 2.45) is 0 Å². The van der Waals surface area contributed by atoms with E-state index in [0.717, 1.165) is 18.0 Å². The van der Waals surface area contributed by atoms with E-state index in [1.54, 1.807) is 5.56 Å². The van der Waals surface area contributed by atoms with Crippen LogP contribution in [0.25, 0.3) is 0 Å². The molecule has 0 aliphatic carbocycles. The van der Waals surface area contributed by atoms with Crippen molar-refractivity contribution in [3.05, 3.63) is 35.4 Å². The van der Waals surface area contributed by atoms with Gasteiger partial charge in [-0.1, -0.05) is 45.0 Å². The first-order valence-electron chi connectivity index (χ1n) is 7.77. The molecule has 0 unspecified atom stereocenters. The number of piperidine rings is 1. The third-order valence-corrected chi connectivity index (χ3v) is 5.35. The third-order valence-electron chi connectivity index (χ3n) is 5.35. The van der Waals surface area contributed by atoms with Gasteiger partial charge in [-0.15, -0.1) is 0 Å². The van der Waals surface area contributed by atoms with Gasteiger partial charge in [0.05, 0.1) is 0 Å². The van der Waals surface area contributed by atoms with E-state index in [4.69, 9.17) is 0 Å². The van der Waals surface area contributed by atoms with Crippen molar-refractivity contribution in [3.63, 3.8) is 0 Å². The van der Waals surface area contributed by atoms with E-state index in [-0.39, 0.29) is 5.41 Å². The van der Waals surface area contributed by atoms with Crippen LogP contribution in [0.3, 0.4) is 0 Å². The van der Waals surface area contributed by atoms with E-state index in [1.807, 2.05) is 0 Å². The molecule has 3 rings (SSSR count). The second-order valence-electron chi connectivity index (χ2n) is 7.59. The summed E-state index contributed by atoms with van der Waals surface area (Å²) in [7, 11) is 2.32. The first kappa shape index (κ1) is 13.2. The van der Waals surface area contributed by atoms with Crippen LogP contribution in [-0.2, 0) is 5.41 Å². The molecule has 2 fully saturated rings. The van der Waals surface area contributed by atoms with Gasteiger partial charge in [0.15, 0.2) is 0 Å². The monoisotopic (exact) mass is 257 g/mol. The molecular weight excluding hydrogens is 230 g/mol. The zero-order valence-corrected chi connectivity index (χ0v) is 12.8. The molecule has 2 saturated heterocycles. The molecule has 1 aromatic carbocycles. The van der Waals surface area contributed by atoms with E-state index in [9.17, 15) is 0 Å². The quantitative estimate of drug-likeness (QED) is 0.724. The van der Waals surface area contributed by atoms with Crippen molar-refractivity contribution >= 4 is 0 Å². The van der Waals surface area contributed by atoms with Crippen LogP contribution in [0, 0.1) is 0 Å². The van der Waals surface area contributed by atoms with Gasteiger partial charge in [0.2, 0.25) is 0 Å². The highest BCUT2D eigenvalue weighted by atomic mass is 15.2. The molecule has 0 spiro atoms. The van der Waals surface area contributed by atoms with Crippen LogP contribution in [0.15, 0.2) is 24.3 Å². The molecule has 0 amide bonds. The molecule has 0 radical (unpaired) electrons. The minimum absolute atomic E-state index is 0.268. The van der Waals surface area contributed by atoms with Crippen LogP contribution >= 0.6 is 0 Å². The van der Waals surface area contributed by atoms with Gasteiger partial charge in [0, 0.05) is 12.1 Å². The van der Waals surface area contributed by atoms with Crippen LogP contribution in [0.4, 0.5) is 0 Å². The SMILES string of the molecule is CN1[C@@H]2CC[C@H]1C[C@@H](c1ccc(C(C)(C)C)cc1)C2. The zero-order valence-electron chi connectivity index (χ0n) is 12.8. The second-order valence-corrected chi connectivity index (χ2v) is 7.59. The van der Waals surface area contributed by atoms with Gasteiger partial charge >= 0.3 is 0 Å². The summed E-state index contributed by atoms with van der Waals surface area (Å²) in [5.41, 5.74) is 3.29. The standard InChI is InChI=1S/C18H27N/c1-18(2,3)15-7-5-13(6-8-15)14-11-16-9-10-17(12-14)19(16)4/h5-8,14,16-17H,9-12H2,1-4H3/t14-,16+,17-. The Bertz CT molecular complexity index is 426. The molecule has 2 aliphatic rings. The van der Waals surface area contributed by atoms with Crippen molar-refractivity contribution in [1.82, 2.24) is 4.90 Å². The second kappa shape index (κ2) is 4.63. The summed E-state index contributed by atoms with van der Waals surface area (Å²) in [5.74, 6) is 0.794. The topological polar surface area (TPSA) is 3.24 Å². The van der Waals surface area contributed by atoms with Crippen molar-refractivity contribution in [1.29, 1.82) is 0 Å². The van der Waals surface area contributed by atoms with Crippen LogP contribution in [0.1, 0.15) is 63.5 Å². The number of fused-ring (bicyclic) bond motifs is 2. The van der Waals surface area contributed by atoms with Crippen molar-refractivity contribution in [3.8, 4) is 0 Å². The van der Waals surface area contributed by atoms with Crippen molar-refractivity contribution in [2.75, 3.05) is 7.05 Å². The summed E-state index contributed by atoms with van der Waals surface area (Å²) in [5, 5.41) is 0. The van der Waals surface area contributed by atoms with E-state index < -0.39 is 0 Å². The largest absolute Gasteiger partial charge is 0.300 e. The Morgan fingerprint density at radius 3 is 1.95 bits per heavy atom. The number of hydrogen-bond donors (Lipinski definition) is 0. The summed E-state index contributed by atoms with van der Waals surface area (Å²) in [4.78, 5) is 2.63. The van der Waals surface area contributed by atoms with Gasteiger partial charge < -0.3 is 4.90 Å². The fraction of sp³-hybridized carbons (Fsp3) is 0.667. The molecule has 3 atom stereocenters. The Morgan fingerprint density at radius 1 is 0.947 bits per heavy atom. The molecule has 2 bridgehead atoms. The van der Waals surface area contributed by atoms with Crippen molar-refractivity contribution < 1.29 is 0 Å². The first-order valence-corrected chi connectivity index (χ1v) is 7.77. The average Bonchev–Trinajstić information content (AvgIpc) is 2.61. The van der Waals surface area contributed by atoms with Gasteiger partial charge in [0.1, 0.15) is 0 Å². The number of benzene rings is 1. The fourth-order valence-electron chi connectivity index (χ4n) is 3.94. The third kappa shape index (κ3) is 2.45. The maximum atomic E-state index is 2.63. The zero-order chi connectivity index (χ0) is 13.6. The maximum absolute atomic E-state index is 2.63. The molecule has 0 aromatic heterocycles. The van der Waals surface area contributed by atoms with Gasteiger partial charge in [-0.05, 0) is 55.2 Å². The summed E-state index contributed by atoms with van der Waals surface area (Å²) >= 11 is 0. The Kier molecular flexibility index (Phi) is 3.21. The van der Waals surface area contributed by atoms with Crippen LogP contribution < -0.4 is 0 Å². The fourth-order valence-corrected chi connectivity index (χ4v) is 3.94. The molecule has 1 aromatic rings. The Labute approximate surface area is 118 Å². The lowest BCUT2D eigenvalue weighted by Gasteiger charge is -2.36. The minimum Gasteiger partial charge on any atom is -0.300 e. The molecule has 0 N–H and O–H groups in total. The molecule has 1 nitrogen and oxygen atoms in total. The average molecular weight is 257 g/mol. The maximum Gasteiger partial charge on any atom is 0.0102 e. The van der Waals surface area contributed by atoms with E-state index in [0.29, 0.717) is 0 Å². The lowest BCUT2D eigenvalue weighted by molar-refractivity contribution is 0.161. The van der Waals surface area contributed by atoms with Crippen molar-refractivity contribution in [2.45, 2.75) is 69.9 Å². The van der Waals surface area contributed by atoms with Gasteiger partial charge in [-0.25, -0.2) is 0 Å². The summed E-state index contributed by atoms with van der Waals surface area (Å²) in [6, 6.07) is 11.1. The molecular formula is C18H27N. The Hall–Kier alpha value is -0.820.